The van der Waals surface area contributed by atoms with Gasteiger partial charge >= 0.3 is 0 Å². The Bertz CT molecular complexity index is 1630. The van der Waals surface area contributed by atoms with Crippen LogP contribution in [0.3, 0.4) is 0 Å². The van der Waals surface area contributed by atoms with Crippen molar-refractivity contribution in [2.45, 2.75) is 13.3 Å². The van der Waals surface area contributed by atoms with E-state index < -0.39 is 0 Å². The van der Waals surface area contributed by atoms with Gasteiger partial charge in [0.15, 0.2) is 5.65 Å². The molecule has 0 aliphatic carbocycles. The van der Waals surface area contributed by atoms with Gasteiger partial charge in [-0.3, -0.25) is 4.79 Å². The molecule has 1 amide bonds. The number of carbonyl (C=O) groups is 1. The van der Waals surface area contributed by atoms with Gasteiger partial charge in [0.2, 0.25) is 0 Å². The lowest BCUT2D eigenvalue weighted by molar-refractivity contribution is -0.114. The Morgan fingerprint density at radius 1 is 1.03 bits per heavy atom. The zero-order valence-corrected chi connectivity index (χ0v) is 19.0. The lowest BCUT2D eigenvalue weighted by Gasteiger charge is -2.17. The molecule has 1 N–H and O–H groups in total. The maximum atomic E-state index is 12.4. The first-order chi connectivity index (χ1) is 17.0. The standard InChI is InChI=1S/C26H21N7O2/c1-16-7-9-32(26(16)34)19-4-5-22-21(12-19)25(29-14-27-22)31-18-3-6-23(17(2)11-18)35-20-8-10-33-24(13-20)28-15-30-33/h3-6,8,10-15H,1,7,9H2,2H3,(H,27,29,31). The second kappa shape index (κ2) is 8.21. The SMILES string of the molecule is C=C1CCN(c2ccc3ncnc(Nc4ccc(Oc5ccn6ncnc6c5)c(C)c4)c3c2)C1=O. The molecule has 1 saturated heterocycles. The Balaban J connectivity index is 1.27. The van der Waals surface area contributed by atoms with Crippen molar-refractivity contribution in [1.82, 2.24) is 24.6 Å². The predicted molar refractivity (Wildman–Crippen MR) is 133 cm³/mol. The highest BCUT2D eigenvalue weighted by Gasteiger charge is 2.25. The summed E-state index contributed by atoms with van der Waals surface area (Å²) in [5.74, 6) is 2.04. The number of aromatic nitrogens is 5. The molecule has 0 radical (unpaired) electrons. The number of fused-ring (bicyclic) bond motifs is 2. The quantitative estimate of drug-likeness (QED) is 0.374. The number of pyridine rings is 1. The van der Waals surface area contributed by atoms with E-state index in [0.717, 1.165) is 33.6 Å². The third kappa shape index (κ3) is 3.82. The van der Waals surface area contributed by atoms with Crippen molar-refractivity contribution in [3.8, 4) is 11.5 Å². The van der Waals surface area contributed by atoms with Crippen molar-refractivity contribution in [2.24, 2.45) is 0 Å². The second-order valence-electron chi connectivity index (χ2n) is 8.37. The monoisotopic (exact) mass is 463 g/mol. The van der Waals surface area contributed by atoms with Gasteiger partial charge in [0.05, 0.1) is 5.52 Å². The van der Waals surface area contributed by atoms with Crippen molar-refractivity contribution in [1.29, 1.82) is 0 Å². The highest BCUT2D eigenvalue weighted by atomic mass is 16.5. The number of hydrogen-bond acceptors (Lipinski definition) is 7. The Hall–Kier alpha value is -4.79. The second-order valence-corrected chi connectivity index (χ2v) is 8.37. The molecule has 9 nitrogen and oxygen atoms in total. The molecule has 0 saturated carbocycles. The molecule has 0 atom stereocenters. The molecule has 5 aromatic rings. The van der Waals surface area contributed by atoms with Gasteiger partial charge in [-0.1, -0.05) is 6.58 Å². The first-order valence-corrected chi connectivity index (χ1v) is 11.1. The van der Waals surface area contributed by atoms with Crippen LogP contribution in [0.5, 0.6) is 11.5 Å². The number of nitrogens with zero attached hydrogens (tertiary/aromatic N) is 6. The van der Waals surface area contributed by atoms with Gasteiger partial charge in [-0.05, 0) is 61.4 Å². The van der Waals surface area contributed by atoms with E-state index in [1.165, 1.54) is 12.7 Å². The molecule has 35 heavy (non-hydrogen) atoms. The summed E-state index contributed by atoms with van der Waals surface area (Å²) in [6, 6.07) is 15.3. The van der Waals surface area contributed by atoms with Gasteiger partial charge in [0.25, 0.3) is 5.91 Å². The minimum absolute atomic E-state index is 0.0370. The topological polar surface area (TPSA) is 97.5 Å². The lowest BCUT2D eigenvalue weighted by Crippen LogP contribution is -2.24. The van der Waals surface area contributed by atoms with Gasteiger partial charge in [0, 0.05) is 41.1 Å². The fraction of sp³-hybridized carbons (Fsp3) is 0.115. The highest BCUT2D eigenvalue weighted by molar-refractivity contribution is 6.08. The summed E-state index contributed by atoms with van der Waals surface area (Å²) >= 11 is 0. The zero-order valence-electron chi connectivity index (χ0n) is 19.0. The fourth-order valence-electron chi connectivity index (χ4n) is 4.17. The smallest absolute Gasteiger partial charge is 0.253 e. The van der Waals surface area contributed by atoms with E-state index in [1.54, 1.807) is 9.42 Å². The maximum Gasteiger partial charge on any atom is 0.253 e. The van der Waals surface area contributed by atoms with Crippen molar-refractivity contribution in [2.75, 3.05) is 16.8 Å². The molecule has 6 rings (SSSR count). The number of benzene rings is 2. The number of amides is 1. The number of carbonyl (C=O) groups excluding carboxylic acids is 1. The Morgan fingerprint density at radius 3 is 2.77 bits per heavy atom. The van der Waals surface area contributed by atoms with Gasteiger partial charge in [-0.15, -0.1) is 0 Å². The van der Waals surface area contributed by atoms with Crippen molar-refractivity contribution < 1.29 is 9.53 Å². The number of aryl methyl sites for hydroxylation is 1. The highest BCUT2D eigenvalue weighted by Crippen LogP contribution is 2.32. The van der Waals surface area contributed by atoms with Crippen LogP contribution < -0.4 is 15.0 Å². The van der Waals surface area contributed by atoms with Crippen LogP contribution in [0.15, 0.2) is 79.5 Å². The van der Waals surface area contributed by atoms with Crippen molar-refractivity contribution in [3.05, 3.63) is 85.1 Å². The summed E-state index contributed by atoms with van der Waals surface area (Å²) in [6.07, 6.45) is 5.51. The van der Waals surface area contributed by atoms with Crippen LogP contribution in [-0.2, 0) is 4.79 Å². The Morgan fingerprint density at radius 2 is 1.94 bits per heavy atom. The number of nitrogens with one attached hydrogen (secondary N) is 1. The van der Waals surface area contributed by atoms with Crippen LogP contribution in [0.1, 0.15) is 12.0 Å². The average molecular weight is 464 g/mol. The molecule has 1 aliphatic heterocycles. The van der Waals surface area contributed by atoms with E-state index in [-0.39, 0.29) is 5.91 Å². The number of anilines is 3. The average Bonchev–Trinajstić information content (AvgIpc) is 3.47. The first kappa shape index (κ1) is 20.8. The molecular weight excluding hydrogens is 442 g/mol. The third-order valence-electron chi connectivity index (χ3n) is 6.03. The first-order valence-electron chi connectivity index (χ1n) is 11.1. The molecule has 0 unspecified atom stereocenters. The third-order valence-corrected chi connectivity index (χ3v) is 6.03. The normalized spacial score (nSPS) is 13.7. The van der Waals surface area contributed by atoms with Gasteiger partial charge in [0.1, 0.15) is 30.0 Å². The molecule has 2 aromatic carbocycles. The summed E-state index contributed by atoms with van der Waals surface area (Å²) < 4.78 is 7.76. The van der Waals surface area contributed by atoms with E-state index in [4.69, 9.17) is 4.74 Å². The van der Waals surface area contributed by atoms with Gasteiger partial charge in [-0.25, -0.2) is 19.5 Å². The van der Waals surface area contributed by atoms with Crippen LogP contribution in [0.25, 0.3) is 16.6 Å². The number of rotatable bonds is 5. The van der Waals surface area contributed by atoms with Crippen LogP contribution in [0.4, 0.5) is 17.2 Å². The largest absolute Gasteiger partial charge is 0.457 e. The summed E-state index contributed by atoms with van der Waals surface area (Å²) in [5, 5.41) is 8.32. The van der Waals surface area contributed by atoms with Crippen molar-refractivity contribution in [3.63, 3.8) is 0 Å². The van der Waals surface area contributed by atoms with E-state index in [1.807, 2.05) is 61.7 Å². The Kier molecular flexibility index (Phi) is 4.88. The van der Waals surface area contributed by atoms with E-state index in [2.05, 4.69) is 31.9 Å². The van der Waals surface area contributed by atoms with Crippen LogP contribution >= 0.6 is 0 Å². The lowest BCUT2D eigenvalue weighted by atomic mass is 10.1. The minimum atomic E-state index is -0.0370. The van der Waals surface area contributed by atoms with E-state index >= 15 is 0 Å². The molecule has 0 bridgehead atoms. The zero-order chi connectivity index (χ0) is 23.9. The minimum Gasteiger partial charge on any atom is -0.457 e. The van der Waals surface area contributed by atoms with Crippen LogP contribution in [-0.4, -0.2) is 37.0 Å². The van der Waals surface area contributed by atoms with Gasteiger partial charge in [-0.2, -0.15) is 5.10 Å². The molecule has 1 fully saturated rings. The summed E-state index contributed by atoms with van der Waals surface area (Å²) in [5.41, 5.74) is 4.76. The fourth-order valence-corrected chi connectivity index (χ4v) is 4.17. The molecule has 4 heterocycles. The molecule has 1 aliphatic rings. The molecule has 9 heteroatoms. The summed E-state index contributed by atoms with van der Waals surface area (Å²) in [4.78, 5) is 27.2. The molecule has 0 spiro atoms. The Labute approximate surface area is 200 Å². The van der Waals surface area contributed by atoms with Crippen LogP contribution in [0, 0.1) is 6.92 Å². The number of hydrogen-bond donors (Lipinski definition) is 1. The van der Waals surface area contributed by atoms with Gasteiger partial charge < -0.3 is 15.0 Å². The van der Waals surface area contributed by atoms with E-state index in [9.17, 15) is 4.79 Å². The summed E-state index contributed by atoms with van der Waals surface area (Å²) in [7, 11) is 0. The molecule has 172 valence electrons. The molecular formula is C26H21N7O2. The van der Waals surface area contributed by atoms with Crippen LogP contribution in [0.2, 0.25) is 0 Å². The predicted octanol–water partition coefficient (Wildman–Crippen LogP) is 4.81. The molecule has 3 aromatic heterocycles. The summed E-state index contributed by atoms with van der Waals surface area (Å²) in [6.45, 7) is 6.47. The number of ether oxygens (including phenoxy) is 1. The van der Waals surface area contributed by atoms with Crippen molar-refractivity contribution >= 4 is 39.6 Å². The maximum absolute atomic E-state index is 12.4. The van der Waals surface area contributed by atoms with E-state index in [0.29, 0.717) is 35.8 Å².